The molecule has 2 aliphatic rings. The summed E-state index contributed by atoms with van der Waals surface area (Å²) in [7, 11) is 0. The molecule has 2 fully saturated rings. The summed E-state index contributed by atoms with van der Waals surface area (Å²) in [5.74, 6) is -0.935. The molecule has 0 atom stereocenters. The SMILES string of the molecule is O=C(O)c1ccc(C(=O)N2CCC3(CCCC3)CC2)cc1. The maximum Gasteiger partial charge on any atom is 0.335 e. The molecule has 1 saturated heterocycles. The fourth-order valence-electron chi connectivity index (χ4n) is 3.75. The minimum absolute atomic E-state index is 0.0276. The van der Waals surface area contributed by atoms with Crippen LogP contribution in [0.1, 0.15) is 59.2 Å². The third-order valence-electron chi connectivity index (χ3n) is 5.15. The lowest BCUT2D eigenvalue weighted by Crippen LogP contribution is -2.42. The van der Waals surface area contributed by atoms with Gasteiger partial charge in [0.1, 0.15) is 0 Å². The molecule has 112 valence electrons. The molecule has 1 N–H and O–H groups in total. The van der Waals surface area contributed by atoms with Gasteiger partial charge in [0.05, 0.1) is 5.56 Å². The summed E-state index contributed by atoms with van der Waals surface area (Å²) in [5.41, 5.74) is 1.31. The molecule has 1 amide bonds. The van der Waals surface area contributed by atoms with Crippen molar-refractivity contribution in [2.75, 3.05) is 13.1 Å². The molecule has 1 heterocycles. The summed E-state index contributed by atoms with van der Waals surface area (Å²) in [6.07, 6.45) is 7.55. The van der Waals surface area contributed by atoms with Gasteiger partial charge in [0.15, 0.2) is 0 Å². The fourth-order valence-corrected chi connectivity index (χ4v) is 3.75. The molecule has 3 rings (SSSR count). The van der Waals surface area contributed by atoms with Gasteiger partial charge in [-0.05, 0) is 55.4 Å². The summed E-state index contributed by atoms with van der Waals surface area (Å²) >= 11 is 0. The number of hydrogen-bond donors (Lipinski definition) is 1. The third kappa shape index (κ3) is 2.80. The van der Waals surface area contributed by atoms with Crippen LogP contribution >= 0.6 is 0 Å². The number of aromatic carboxylic acids is 1. The number of rotatable bonds is 2. The molecule has 1 aromatic rings. The number of likely N-dealkylation sites (tertiary alicyclic amines) is 1. The number of amides is 1. The molecule has 21 heavy (non-hydrogen) atoms. The van der Waals surface area contributed by atoms with Crippen molar-refractivity contribution >= 4 is 11.9 Å². The predicted octanol–water partition coefficient (Wildman–Crippen LogP) is 3.18. The Kier molecular flexibility index (Phi) is 3.70. The molecule has 1 aliphatic carbocycles. The Labute approximate surface area is 124 Å². The largest absolute Gasteiger partial charge is 0.478 e. The highest BCUT2D eigenvalue weighted by Gasteiger charge is 2.38. The Bertz CT molecular complexity index is 534. The van der Waals surface area contributed by atoms with Gasteiger partial charge in [-0.1, -0.05) is 12.8 Å². The van der Waals surface area contributed by atoms with E-state index in [9.17, 15) is 9.59 Å². The molecule has 0 unspecified atom stereocenters. The molecular weight excluding hydrogens is 266 g/mol. The second-order valence-corrected chi connectivity index (χ2v) is 6.38. The first-order valence-corrected chi connectivity index (χ1v) is 7.72. The second-order valence-electron chi connectivity index (χ2n) is 6.38. The standard InChI is InChI=1S/C17H21NO3/c19-15(13-3-5-14(6-4-13)16(20)21)18-11-9-17(10-12-18)7-1-2-8-17/h3-6H,1-2,7-12H2,(H,20,21). The van der Waals surface area contributed by atoms with Crippen molar-refractivity contribution in [3.8, 4) is 0 Å². The van der Waals surface area contributed by atoms with E-state index in [1.807, 2.05) is 4.90 Å². The molecule has 1 aromatic carbocycles. The Morgan fingerprint density at radius 3 is 1.95 bits per heavy atom. The van der Waals surface area contributed by atoms with Gasteiger partial charge in [0, 0.05) is 18.7 Å². The van der Waals surface area contributed by atoms with Crippen LogP contribution in [0.15, 0.2) is 24.3 Å². The van der Waals surface area contributed by atoms with Gasteiger partial charge >= 0.3 is 5.97 Å². The van der Waals surface area contributed by atoms with Crippen LogP contribution in [0.5, 0.6) is 0 Å². The summed E-state index contributed by atoms with van der Waals surface area (Å²) < 4.78 is 0. The van der Waals surface area contributed by atoms with E-state index in [1.165, 1.54) is 37.8 Å². The van der Waals surface area contributed by atoms with Gasteiger partial charge in [0.2, 0.25) is 0 Å². The van der Waals surface area contributed by atoms with Crippen molar-refractivity contribution in [2.24, 2.45) is 5.41 Å². The number of carboxylic acids is 1. The van der Waals surface area contributed by atoms with Gasteiger partial charge in [-0.2, -0.15) is 0 Å². The van der Waals surface area contributed by atoms with E-state index in [0.29, 0.717) is 11.0 Å². The Morgan fingerprint density at radius 1 is 0.905 bits per heavy atom. The van der Waals surface area contributed by atoms with E-state index in [1.54, 1.807) is 12.1 Å². The molecular formula is C17H21NO3. The zero-order valence-electron chi connectivity index (χ0n) is 12.2. The molecule has 0 aromatic heterocycles. The van der Waals surface area contributed by atoms with Gasteiger partial charge in [0.25, 0.3) is 5.91 Å². The number of hydrogen-bond acceptors (Lipinski definition) is 2. The van der Waals surface area contributed by atoms with E-state index in [2.05, 4.69) is 0 Å². The number of carbonyl (C=O) groups is 2. The Morgan fingerprint density at radius 2 is 1.43 bits per heavy atom. The van der Waals surface area contributed by atoms with Crippen LogP contribution in [0, 0.1) is 5.41 Å². The highest BCUT2D eigenvalue weighted by atomic mass is 16.4. The molecule has 1 saturated carbocycles. The van der Waals surface area contributed by atoms with E-state index >= 15 is 0 Å². The highest BCUT2D eigenvalue weighted by molar-refractivity contribution is 5.95. The molecule has 0 radical (unpaired) electrons. The van der Waals surface area contributed by atoms with Crippen molar-refractivity contribution in [3.63, 3.8) is 0 Å². The van der Waals surface area contributed by atoms with Crippen molar-refractivity contribution in [2.45, 2.75) is 38.5 Å². The van der Waals surface area contributed by atoms with Crippen LogP contribution in [-0.2, 0) is 0 Å². The lowest BCUT2D eigenvalue weighted by Gasteiger charge is -2.39. The fraction of sp³-hybridized carbons (Fsp3) is 0.529. The summed E-state index contributed by atoms with van der Waals surface area (Å²) in [4.78, 5) is 25.2. The first-order valence-electron chi connectivity index (χ1n) is 7.72. The van der Waals surface area contributed by atoms with Gasteiger partial charge < -0.3 is 10.0 Å². The number of piperidine rings is 1. The lowest BCUT2D eigenvalue weighted by molar-refractivity contribution is 0.0586. The van der Waals surface area contributed by atoms with E-state index in [4.69, 9.17) is 5.11 Å². The molecule has 4 nitrogen and oxygen atoms in total. The molecule has 0 bridgehead atoms. The summed E-state index contributed by atoms with van der Waals surface area (Å²) in [5, 5.41) is 8.89. The maximum atomic E-state index is 12.5. The molecule has 4 heteroatoms. The van der Waals surface area contributed by atoms with Crippen LogP contribution in [0.3, 0.4) is 0 Å². The van der Waals surface area contributed by atoms with Crippen molar-refractivity contribution < 1.29 is 14.7 Å². The van der Waals surface area contributed by atoms with Crippen LogP contribution in [0.25, 0.3) is 0 Å². The zero-order chi connectivity index (χ0) is 14.9. The average molecular weight is 287 g/mol. The van der Waals surface area contributed by atoms with Crippen molar-refractivity contribution in [3.05, 3.63) is 35.4 Å². The summed E-state index contributed by atoms with van der Waals surface area (Å²) in [6, 6.07) is 6.23. The first-order chi connectivity index (χ1) is 10.1. The summed E-state index contributed by atoms with van der Waals surface area (Å²) in [6.45, 7) is 1.67. The quantitative estimate of drug-likeness (QED) is 0.909. The highest BCUT2D eigenvalue weighted by Crippen LogP contribution is 2.46. The first kappa shape index (κ1) is 14.1. The van der Waals surface area contributed by atoms with E-state index < -0.39 is 5.97 Å². The van der Waals surface area contributed by atoms with Crippen molar-refractivity contribution in [1.29, 1.82) is 0 Å². The van der Waals surface area contributed by atoms with E-state index in [-0.39, 0.29) is 11.5 Å². The number of carboxylic acid groups (broad SMARTS) is 1. The third-order valence-corrected chi connectivity index (χ3v) is 5.15. The smallest absolute Gasteiger partial charge is 0.335 e. The maximum absolute atomic E-state index is 12.5. The molecule has 1 spiro atoms. The van der Waals surface area contributed by atoms with Crippen molar-refractivity contribution in [1.82, 2.24) is 4.90 Å². The van der Waals surface area contributed by atoms with Gasteiger partial charge in [-0.3, -0.25) is 4.79 Å². The average Bonchev–Trinajstić information content (AvgIpc) is 2.96. The van der Waals surface area contributed by atoms with Crippen LogP contribution in [-0.4, -0.2) is 35.0 Å². The number of nitrogens with zero attached hydrogens (tertiary/aromatic N) is 1. The minimum Gasteiger partial charge on any atom is -0.478 e. The number of benzene rings is 1. The zero-order valence-corrected chi connectivity index (χ0v) is 12.2. The normalized spacial score (nSPS) is 20.7. The second kappa shape index (κ2) is 5.51. The van der Waals surface area contributed by atoms with E-state index in [0.717, 1.165) is 25.9 Å². The Balaban J connectivity index is 1.64. The lowest BCUT2D eigenvalue weighted by atomic mass is 9.77. The monoisotopic (exact) mass is 287 g/mol. The van der Waals surface area contributed by atoms with Crippen LogP contribution in [0.2, 0.25) is 0 Å². The minimum atomic E-state index is -0.963. The number of carbonyl (C=O) groups excluding carboxylic acids is 1. The van der Waals surface area contributed by atoms with Gasteiger partial charge in [-0.25, -0.2) is 4.79 Å². The molecule has 1 aliphatic heterocycles. The Hall–Kier alpha value is -1.84. The van der Waals surface area contributed by atoms with Gasteiger partial charge in [-0.15, -0.1) is 0 Å². The predicted molar refractivity (Wildman–Crippen MR) is 79.4 cm³/mol. The topological polar surface area (TPSA) is 57.6 Å². The van der Waals surface area contributed by atoms with Crippen LogP contribution < -0.4 is 0 Å². The van der Waals surface area contributed by atoms with Crippen LogP contribution in [0.4, 0.5) is 0 Å².